The molecule has 0 saturated carbocycles. The number of ether oxygens (including phenoxy) is 1. The first kappa shape index (κ1) is 13.5. The Morgan fingerprint density at radius 2 is 1.82 bits per heavy atom. The number of nitrogens with two attached hydrogens (primary N) is 1. The van der Waals surface area contributed by atoms with Crippen LogP contribution in [0.4, 0.5) is 0 Å². The fourth-order valence-corrected chi connectivity index (χ4v) is 1.37. The van der Waals surface area contributed by atoms with Gasteiger partial charge in [0.1, 0.15) is 12.4 Å². The molecule has 1 aromatic carbocycles. The molecule has 0 amide bonds. The maximum atomic E-state index is 10.7. The Morgan fingerprint density at radius 3 is 2.24 bits per heavy atom. The molecule has 1 rings (SSSR count). The summed E-state index contributed by atoms with van der Waals surface area (Å²) in [4.78, 5) is 10.7. The maximum Gasteiger partial charge on any atom is 0.335 e. The van der Waals surface area contributed by atoms with Crippen molar-refractivity contribution in [3.8, 4) is 5.75 Å². The highest BCUT2D eigenvalue weighted by Crippen LogP contribution is 2.17. The van der Waals surface area contributed by atoms with E-state index in [2.05, 4.69) is 0 Å². The normalized spacial score (nSPS) is 11.2. The molecule has 0 aliphatic heterocycles. The van der Waals surface area contributed by atoms with Gasteiger partial charge >= 0.3 is 5.97 Å². The van der Waals surface area contributed by atoms with Crippen LogP contribution in [0.25, 0.3) is 0 Å². The van der Waals surface area contributed by atoms with E-state index in [1.807, 2.05) is 13.8 Å². The quantitative estimate of drug-likeness (QED) is 0.796. The molecule has 94 valence electrons. The lowest BCUT2D eigenvalue weighted by Gasteiger charge is -2.26. The number of carboxylic acid groups (broad SMARTS) is 1. The molecular formula is C13H19NO3. The summed E-state index contributed by atoms with van der Waals surface area (Å²) >= 11 is 0. The summed E-state index contributed by atoms with van der Waals surface area (Å²) in [5.74, 6) is -0.293. The van der Waals surface area contributed by atoms with Gasteiger partial charge in [0, 0.05) is 5.54 Å². The molecule has 0 spiro atoms. The Morgan fingerprint density at radius 1 is 1.29 bits per heavy atom. The number of hydrogen-bond acceptors (Lipinski definition) is 3. The first-order chi connectivity index (χ1) is 8.00. The zero-order valence-electron chi connectivity index (χ0n) is 10.3. The van der Waals surface area contributed by atoms with Crippen molar-refractivity contribution in [2.75, 3.05) is 6.61 Å². The van der Waals surface area contributed by atoms with Gasteiger partial charge in [0.2, 0.25) is 0 Å². The second kappa shape index (κ2) is 5.68. The Labute approximate surface area is 101 Å². The first-order valence-electron chi connectivity index (χ1n) is 5.76. The molecule has 0 aliphatic carbocycles. The van der Waals surface area contributed by atoms with Gasteiger partial charge in [-0.2, -0.15) is 0 Å². The molecule has 0 aromatic heterocycles. The minimum absolute atomic E-state index is 0.252. The molecule has 3 N–H and O–H groups in total. The first-order valence-corrected chi connectivity index (χ1v) is 5.76. The van der Waals surface area contributed by atoms with Crippen LogP contribution in [0.1, 0.15) is 37.0 Å². The van der Waals surface area contributed by atoms with Crippen molar-refractivity contribution in [2.24, 2.45) is 5.73 Å². The summed E-state index contributed by atoms with van der Waals surface area (Å²) in [6.07, 6.45) is 1.69. The number of benzene rings is 1. The Balaban J connectivity index is 2.61. The van der Waals surface area contributed by atoms with Gasteiger partial charge in [-0.1, -0.05) is 13.8 Å². The number of aromatic carboxylic acids is 1. The fraction of sp³-hybridized carbons (Fsp3) is 0.462. The monoisotopic (exact) mass is 237 g/mol. The standard InChI is InChI=1S/C13H19NO3/c1-3-13(14,4-2)9-17-11-7-5-10(6-8-11)12(15)16/h5-8H,3-4,9,14H2,1-2H3,(H,15,16). The Kier molecular flexibility index (Phi) is 4.52. The highest BCUT2D eigenvalue weighted by atomic mass is 16.5. The molecule has 17 heavy (non-hydrogen) atoms. The summed E-state index contributed by atoms with van der Waals surface area (Å²) in [6.45, 7) is 4.49. The Hall–Kier alpha value is -1.55. The molecule has 0 atom stereocenters. The van der Waals surface area contributed by atoms with E-state index in [1.54, 1.807) is 12.1 Å². The van der Waals surface area contributed by atoms with Gasteiger partial charge in [-0.05, 0) is 37.1 Å². The summed E-state index contributed by atoms with van der Waals surface area (Å²) < 4.78 is 5.57. The van der Waals surface area contributed by atoms with E-state index in [1.165, 1.54) is 12.1 Å². The van der Waals surface area contributed by atoms with Crippen molar-refractivity contribution in [1.29, 1.82) is 0 Å². The SMILES string of the molecule is CCC(N)(CC)COc1ccc(C(=O)O)cc1. The van der Waals surface area contributed by atoms with E-state index in [-0.39, 0.29) is 11.1 Å². The van der Waals surface area contributed by atoms with Gasteiger partial charge in [0.05, 0.1) is 5.56 Å². The Bertz CT molecular complexity index is 369. The van der Waals surface area contributed by atoms with Gasteiger partial charge in [-0.3, -0.25) is 0 Å². The van der Waals surface area contributed by atoms with Crippen LogP contribution in [-0.4, -0.2) is 23.2 Å². The molecule has 0 heterocycles. The van der Waals surface area contributed by atoms with E-state index < -0.39 is 5.97 Å². The maximum absolute atomic E-state index is 10.7. The number of carbonyl (C=O) groups is 1. The molecule has 4 heteroatoms. The van der Waals surface area contributed by atoms with Crippen molar-refractivity contribution in [2.45, 2.75) is 32.2 Å². The van der Waals surface area contributed by atoms with Crippen molar-refractivity contribution in [3.63, 3.8) is 0 Å². The average molecular weight is 237 g/mol. The second-order valence-electron chi connectivity index (χ2n) is 4.19. The molecule has 4 nitrogen and oxygen atoms in total. The molecule has 0 radical (unpaired) electrons. The van der Waals surface area contributed by atoms with Crippen LogP contribution in [0.2, 0.25) is 0 Å². The highest BCUT2D eigenvalue weighted by molar-refractivity contribution is 5.87. The van der Waals surface area contributed by atoms with Crippen LogP contribution in [-0.2, 0) is 0 Å². The van der Waals surface area contributed by atoms with Crippen molar-refractivity contribution < 1.29 is 14.6 Å². The topological polar surface area (TPSA) is 72.5 Å². The van der Waals surface area contributed by atoms with Gasteiger partial charge in [0.15, 0.2) is 0 Å². The molecule has 1 aromatic rings. The van der Waals surface area contributed by atoms with Gasteiger partial charge in [-0.25, -0.2) is 4.79 Å². The number of rotatable bonds is 6. The summed E-state index contributed by atoms with van der Waals surface area (Å²) in [7, 11) is 0. The van der Waals surface area contributed by atoms with Crippen LogP contribution in [0.5, 0.6) is 5.75 Å². The average Bonchev–Trinajstić information content (AvgIpc) is 2.36. The van der Waals surface area contributed by atoms with Crippen LogP contribution in [0.3, 0.4) is 0 Å². The fourth-order valence-electron chi connectivity index (χ4n) is 1.37. The van der Waals surface area contributed by atoms with Gasteiger partial charge in [-0.15, -0.1) is 0 Å². The summed E-state index contributed by atoms with van der Waals surface area (Å²) in [5.41, 5.74) is 6.04. The zero-order valence-corrected chi connectivity index (χ0v) is 10.3. The van der Waals surface area contributed by atoms with E-state index >= 15 is 0 Å². The number of hydrogen-bond donors (Lipinski definition) is 2. The number of carboxylic acids is 1. The summed E-state index contributed by atoms with van der Waals surface area (Å²) in [5, 5.41) is 8.75. The van der Waals surface area contributed by atoms with Crippen molar-refractivity contribution in [3.05, 3.63) is 29.8 Å². The van der Waals surface area contributed by atoms with Gasteiger partial charge in [0.25, 0.3) is 0 Å². The van der Waals surface area contributed by atoms with Crippen LogP contribution >= 0.6 is 0 Å². The zero-order chi connectivity index (χ0) is 12.9. The minimum Gasteiger partial charge on any atom is -0.492 e. The minimum atomic E-state index is -0.938. The van der Waals surface area contributed by atoms with Crippen molar-refractivity contribution >= 4 is 5.97 Å². The van der Waals surface area contributed by atoms with Crippen LogP contribution < -0.4 is 10.5 Å². The van der Waals surface area contributed by atoms with Crippen LogP contribution in [0, 0.1) is 0 Å². The predicted octanol–water partition coefficient (Wildman–Crippen LogP) is 2.28. The van der Waals surface area contributed by atoms with E-state index in [0.29, 0.717) is 12.4 Å². The summed E-state index contributed by atoms with van der Waals surface area (Å²) in [6, 6.07) is 6.34. The lowest BCUT2D eigenvalue weighted by atomic mass is 9.96. The lowest BCUT2D eigenvalue weighted by molar-refractivity contribution is 0.0697. The molecule has 0 saturated heterocycles. The van der Waals surface area contributed by atoms with E-state index in [4.69, 9.17) is 15.6 Å². The molecule has 0 unspecified atom stereocenters. The molecule has 0 bridgehead atoms. The second-order valence-corrected chi connectivity index (χ2v) is 4.19. The van der Waals surface area contributed by atoms with E-state index in [0.717, 1.165) is 12.8 Å². The molecule has 0 aliphatic rings. The van der Waals surface area contributed by atoms with E-state index in [9.17, 15) is 4.79 Å². The molecular weight excluding hydrogens is 218 g/mol. The third kappa shape index (κ3) is 3.75. The molecule has 0 fully saturated rings. The van der Waals surface area contributed by atoms with Crippen molar-refractivity contribution in [1.82, 2.24) is 0 Å². The van der Waals surface area contributed by atoms with Gasteiger partial charge < -0.3 is 15.6 Å². The van der Waals surface area contributed by atoms with Crippen LogP contribution in [0.15, 0.2) is 24.3 Å². The predicted molar refractivity (Wildman–Crippen MR) is 66.4 cm³/mol. The highest BCUT2D eigenvalue weighted by Gasteiger charge is 2.21. The lowest BCUT2D eigenvalue weighted by Crippen LogP contribution is -2.44. The smallest absolute Gasteiger partial charge is 0.335 e. The third-order valence-corrected chi connectivity index (χ3v) is 3.04. The largest absolute Gasteiger partial charge is 0.492 e. The third-order valence-electron chi connectivity index (χ3n) is 3.04.